The molecular weight excluding hydrogens is 385 g/mol. The molecule has 1 aromatic heterocycles. The van der Waals surface area contributed by atoms with Gasteiger partial charge in [-0.25, -0.2) is 0 Å². The summed E-state index contributed by atoms with van der Waals surface area (Å²) >= 11 is -0.863. The first kappa shape index (κ1) is 17.2. The summed E-state index contributed by atoms with van der Waals surface area (Å²) in [5.74, 6) is 0.0596. The Balaban J connectivity index is 1.88. The normalized spacial score (nSPS) is 32.4. The van der Waals surface area contributed by atoms with E-state index in [2.05, 4.69) is 21.5 Å². The van der Waals surface area contributed by atoms with Crippen LogP contribution in [-0.4, -0.2) is 58.1 Å². The van der Waals surface area contributed by atoms with Gasteiger partial charge >= 0.3 is 141 Å². The number of hydrogen-bond donors (Lipinski definition) is 1. The van der Waals surface area contributed by atoms with Gasteiger partial charge in [-0.3, -0.25) is 0 Å². The molecule has 0 radical (unpaired) electrons. The van der Waals surface area contributed by atoms with Crippen LogP contribution in [0.3, 0.4) is 0 Å². The summed E-state index contributed by atoms with van der Waals surface area (Å²) in [5, 5.41) is 3.90. The molecule has 2 aliphatic heterocycles. The summed E-state index contributed by atoms with van der Waals surface area (Å²) < 4.78 is 19.0. The second-order valence-corrected chi connectivity index (χ2v) is 15.5. The van der Waals surface area contributed by atoms with Crippen LogP contribution < -0.4 is 11.2 Å². The van der Waals surface area contributed by atoms with Crippen LogP contribution in [-0.2, 0) is 14.2 Å². The van der Waals surface area contributed by atoms with Gasteiger partial charge in [0.2, 0.25) is 0 Å². The number of hydrogen-bond acceptors (Lipinski definition) is 7. The fourth-order valence-electron chi connectivity index (χ4n) is 2.76. The van der Waals surface area contributed by atoms with Gasteiger partial charge in [-0.1, -0.05) is 0 Å². The first-order valence-electron chi connectivity index (χ1n) is 7.26. The van der Waals surface area contributed by atoms with Crippen molar-refractivity contribution in [3.05, 3.63) is 27.0 Å². The van der Waals surface area contributed by atoms with Crippen LogP contribution in [0.1, 0.15) is 20.1 Å². The predicted molar refractivity (Wildman–Crippen MR) is 86.8 cm³/mol. The van der Waals surface area contributed by atoms with Gasteiger partial charge in [0.05, 0.1) is 0 Å². The van der Waals surface area contributed by atoms with Crippen molar-refractivity contribution in [3.63, 3.8) is 0 Å². The van der Waals surface area contributed by atoms with Gasteiger partial charge in [0.25, 0.3) is 0 Å². The number of nitrogens with one attached hydrogen (secondary N) is 1. The van der Waals surface area contributed by atoms with E-state index in [9.17, 15) is 9.59 Å². The molecule has 2 aliphatic rings. The Kier molecular flexibility index (Phi) is 4.77. The maximum absolute atomic E-state index is 12.0. The molecule has 4 atom stereocenters. The van der Waals surface area contributed by atoms with Crippen LogP contribution in [0.15, 0.2) is 15.8 Å². The molecule has 1 N–H and O–H groups in total. The summed E-state index contributed by atoms with van der Waals surface area (Å²) in [6, 6.07) is 0. The third kappa shape index (κ3) is 3.58. The molecule has 128 valence electrons. The maximum atomic E-state index is 12.0. The Hall–Kier alpha value is -0.602. The molecule has 0 bridgehead atoms. The van der Waals surface area contributed by atoms with Crippen LogP contribution in [0.25, 0.3) is 0 Å². The van der Waals surface area contributed by atoms with E-state index in [0.717, 1.165) is 16.6 Å². The molecule has 2 fully saturated rings. The van der Waals surface area contributed by atoms with Crippen molar-refractivity contribution in [1.29, 1.82) is 0 Å². The Morgan fingerprint density at radius 2 is 2.04 bits per heavy atom. The molecule has 0 amide bonds. The van der Waals surface area contributed by atoms with Crippen LogP contribution in [0.2, 0.25) is 11.4 Å². The number of aromatic nitrogens is 3. The summed E-state index contributed by atoms with van der Waals surface area (Å²) in [4.78, 5) is 25.4. The topological polar surface area (TPSA) is 95.4 Å². The minimum atomic E-state index is -0.863. The summed E-state index contributed by atoms with van der Waals surface area (Å²) in [5.41, 5.74) is 3.36. The van der Waals surface area contributed by atoms with Crippen LogP contribution in [0.4, 0.5) is 0 Å². The first-order chi connectivity index (χ1) is 10.8. The van der Waals surface area contributed by atoms with E-state index in [4.69, 9.17) is 14.2 Å². The zero-order chi connectivity index (χ0) is 16.8. The van der Waals surface area contributed by atoms with Gasteiger partial charge in [-0.15, -0.1) is 0 Å². The van der Waals surface area contributed by atoms with Crippen LogP contribution in [0, 0.1) is 0 Å². The Labute approximate surface area is 141 Å². The van der Waals surface area contributed by atoms with Crippen molar-refractivity contribution in [2.75, 3.05) is 5.75 Å². The molecule has 0 spiro atoms. The molecule has 0 aliphatic carbocycles. The van der Waals surface area contributed by atoms with E-state index in [1.165, 1.54) is 0 Å². The van der Waals surface area contributed by atoms with Crippen LogP contribution in [0.5, 0.6) is 0 Å². The van der Waals surface area contributed by atoms with Crippen molar-refractivity contribution >= 4 is 23.5 Å². The second kappa shape index (κ2) is 6.37. The average Bonchev–Trinajstić information content (AvgIpc) is 2.90. The third-order valence-electron chi connectivity index (χ3n) is 3.60. The van der Waals surface area contributed by atoms with E-state index in [-0.39, 0.29) is 12.2 Å². The number of H-pyrrole nitrogens is 1. The molecule has 3 rings (SSSR count). The van der Waals surface area contributed by atoms with E-state index < -0.39 is 42.9 Å². The van der Waals surface area contributed by atoms with Gasteiger partial charge in [0, 0.05) is 0 Å². The number of nitrogens with zero attached hydrogens (tertiary/aromatic N) is 2. The first-order valence-corrected chi connectivity index (χ1v) is 14.3. The zero-order valence-electron chi connectivity index (χ0n) is 13.4. The Morgan fingerprint density at radius 3 is 2.70 bits per heavy atom. The van der Waals surface area contributed by atoms with Crippen LogP contribution >= 0.6 is 10.0 Å². The van der Waals surface area contributed by atoms with Crippen molar-refractivity contribution in [2.24, 2.45) is 0 Å². The SMILES string of the molecule is C[As](C)SCC1OC(n2ncc(=O)[nH]c2=O)C2OC(C)(C)OC12. The zero-order valence-corrected chi connectivity index (χ0v) is 16.1. The van der Waals surface area contributed by atoms with Gasteiger partial charge in [0.15, 0.2) is 0 Å². The molecule has 23 heavy (non-hydrogen) atoms. The second-order valence-electron chi connectivity index (χ2n) is 6.12. The summed E-state index contributed by atoms with van der Waals surface area (Å²) in [6.07, 6.45) is -0.497. The van der Waals surface area contributed by atoms with Gasteiger partial charge in [-0.05, 0) is 0 Å². The number of fused-ring (bicyclic) bond motifs is 1. The standard InChI is InChI=1S/C13H20AsN3O5S/c1-13(2)21-9-7(6-23-14(3)4)20-11(10(9)22-13)17-12(19)16-8(18)5-15-17/h5,7,9-11H,6H2,1-4H3,(H,16,18,19). The van der Waals surface area contributed by atoms with Crippen molar-refractivity contribution in [2.45, 2.75) is 55.6 Å². The van der Waals surface area contributed by atoms with Gasteiger partial charge in [-0.2, -0.15) is 0 Å². The molecule has 10 heteroatoms. The number of aromatic amines is 1. The molecule has 0 aromatic carbocycles. The predicted octanol–water partition coefficient (Wildman–Crippen LogP) is 0.333. The van der Waals surface area contributed by atoms with Crippen molar-refractivity contribution < 1.29 is 14.2 Å². The Bertz CT molecular complexity index is 691. The van der Waals surface area contributed by atoms with Crippen molar-refractivity contribution in [3.8, 4) is 0 Å². The summed E-state index contributed by atoms with van der Waals surface area (Å²) in [6.45, 7) is 3.68. The molecule has 0 saturated carbocycles. The average molecular weight is 405 g/mol. The molecule has 4 unspecified atom stereocenters. The van der Waals surface area contributed by atoms with Gasteiger partial charge < -0.3 is 0 Å². The molecular formula is C13H20AsN3O5S. The summed E-state index contributed by atoms with van der Waals surface area (Å²) in [7, 11) is 1.90. The monoisotopic (exact) mass is 405 g/mol. The quantitative estimate of drug-likeness (QED) is 0.722. The van der Waals surface area contributed by atoms with E-state index in [1.807, 2.05) is 23.9 Å². The minimum absolute atomic E-state index is 0.172. The number of ether oxygens (including phenoxy) is 3. The van der Waals surface area contributed by atoms with E-state index in [0.29, 0.717) is 0 Å². The molecule has 1 aromatic rings. The molecule has 8 nitrogen and oxygen atoms in total. The third-order valence-corrected chi connectivity index (χ3v) is 8.78. The molecule has 3 heterocycles. The van der Waals surface area contributed by atoms with E-state index >= 15 is 0 Å². The van der Waals surface area contributed by atoms with Crippen molar-refractivity contribution in [1.82, 2.24) is 14.8 Å². The Morgan fingerprint density at radius 1 is 1.35 bits per heavy atom. The fourth-order valence-corrected chi connectivity index (χ4v) is 6.27. The van der Waals surface area contributed by atoms with Gasteiger partial charge in [0.1, 0.15) is 0 Å². The van der Waals surface area contributed by atoms with E-state index in [1.54, 1.807) is 0 Å². The fraction of sp³-hybridized carbons (Fsp3) is 0.769. The number of rotatable bonds is 4. The molecule has 2 saturated heterocycles.